The minimum atomic E-state index is 0.190. The van der Waals surface area contributed by atoms with Crippen molar-refractivity contribution in [1.82, 2.24) is 10.2 Å². The van der Waals surface area contributed by atoms with Crippen LogP contribution in [0.15, 0.2) is 4.99 Å². The summed E-state index contributed by atoms with van der Waals surface area (Å²) in [6.45, 7) is 4.51. The Kier molecular flexibility index (Phi) is 4.24. The van der Waals surface area contributed by atoms with Gasteiger partial charge < -0.3 is 10.2 Å². The molecule has 1 spiro atoms. The molecule has 0 bridgehead atoms. The van der Waals surface area contributed by atoms with Crippen molar-refractivity contribution in [1.29, 1.82) is 0 Å². The molecule has 1 saturated carbocycles. The van der Waals surface area contributed by atoms with Crippen LogP contribution in [0.2, 0.25) is 0 Å². The van der Waals surface area contributed by atoms with Gasteiger partial charge in [0, 0.05) is 24.4 Å². The Balaban J connectivity index is 1.53. The molecule has 2 heterocycles. The largest absolute Gasteiger partial charge is 0.359 e. The highest BCUT2D eigenvalue weighted by atomic mass is 32.2. The highest BCUT2D eigenvalue weighted by Gasteiger charge is 2.40. The molecular weight excluding hydrogens is 270 g/mol. The molecule has 0 aromatic rings. The summed E-state index contributed by atoms with van der Waals surface area (Å²) < 4.78 is 0. The number of nitrogens with zero attached hydrogens (tertiary/aromatic N) is 2. The number of nitrogens with one attached hydrogen (secondary N) is 1. The van der Waals surface area contributed by atoms with Crippen LogP contribution >= 0.6 is 11.8 Å². The van der Waals surface area contributed by atoms with Crippen molar-refractivity contribution in [2.45, 2.75) is 51.0 Å². The van der Waals surface area contributed by atoms with E-state index >= 15 is 0 Å². The molecule has 0 radical (unpaired) electrons. The molecule has 112 valence electrons. The van der Waals surface area contributed by atoms with Gasteiger partial charge in [0.05, 0.1) is 0 Å². The van der Waals surface area contributed by atoms with E-state index in [-0.39, 0.29) is 11.4 Å². The zero-order valence-corrected chi connectivity index (χ0v) is 13.2. The molecule has 1 aliphatic carbocycles. The predicted octanol–water partition coefficient (Wildman–Crippen LogP) is 2.25. The standard InChI is InChI=1S/C15H25N3OS/c1-12-5-4-6-15(9-12)11-20-14(17-15)16-10-13(19)18-7-2-3-8-18/h12H,2-11H2,1H3,(H,16,17). The van der Waals surface area contributed by atoms with E-state index in [2.05, 4.69) is 17.2 Å². The summed E-state index contributed by atoms with van der Waals surface area (Å²) in [5.74, 6) is 2.12. The van der Waals surface area contributed by atoms with E-state index in [0.717, 1.165) is 42.8 Å². The van der Waals surface area contributed by atoms with E-state index in [1.807, 2.05) is 4.90 Å². The number of amides is 1. The van der Waals surface area contributed by atoms with Gasteiger partial charge in [0.1, 0.15) is 6.54 Å². The lowest BCUT2D eigenvalue weighted by atomic mass is 9.78. The number of amidine groups is 1. The fourth-order valence-corrected chi connectivity index (χ4v) is 4.89. The number of aliphatic imine (C=N–C) groups is 1. The smallest absolute Gasteiger partial charge is 0.244 e. The Morgan fingerprint density at radius 2 is 2.25 bits per heavy atom. The molecule has 0 aromatic heterocycles. The molecule has 5 heteroatoms. The summed E-state index contributed by atoms with van der Waals surface area (Å²) in [6.07, 6.45) is 7.47. The van der Waals surface area contributed by atoms with E-state index in [0.29, 0.717) is 6.54 Å². The Morgan fingerprint density at radius 3 is 3.00 bits per heavy atom. The molecule has 0 aromatic carbocycles. The van der Waals surface area contributed by atoms with Gasteiger partial charge in [-0.05, 0) is 31.6 Å². The zero-order valence-electron chi connectivity index (χ0n) is 12.4. The van der Waals surface area contributed by atoms with Gasteiger partial charge in [0.25, 0.3) is 0 Å². The topological polar surface area (TPSA) is 44.7 Å². The van der Waals surface area contributed by atoms with Gasteiger partial charge in [-0.25, -0.2) is 0 Å². The van der Waals surface area contributed by atoms with E-state index in [1.165, 1.54) is 25.7 Å². The van der Waals surface area contributed by atoms with Gasteiger partial charge in [0.15, 0.2) is 5.17 Å². The molecule has 2 atom stereocenters. The van der Waals surface area contributed by atoms with Crippen molar-refractivity contribution in [3.63, 3.8) is 0 Å². The molecule has 1 N–H and O–H groups in total. The van der Waals surface area contributed by atoms with Crippen LogP contribution in [-0.2, 0) is 4.79 Å². The first-order valence-electron chi connectivity index (χ1n) is 7.90. The van der Waals surface area contributed by atoms with Crippen LogP contribution in [0.1, 0.15) is 45.4 Å². The molecule has 20 heavy (non-hydrogen) atoms. The number of hydrogen-bond donors (Lipinski definition) is 1. The maximum Gasteiger partial charge on any atom is 0.244 e. The second kappa shape index (κ2) is 5.96. The second-order valence-electron chi connectivity index (χ2n) is 6.60. The van der Waals surface area contributed by atoms with Gasteiger partial charge in [0.2, 0.25) is 5.91 Å². The fraction of sp³-hybridized carbons (Fsp3) is 0.867. The first-order chi connectivity index (χ1) is 9.67. The highest BCUT2D eigenvalue weighted by Crippen LogP contribution is 2.38. The average Bonchev–Trinajstić information content (AvgIpc) is 3.06. The molecule has 4 nitrogen and oxygen atoms in total. The van der Waals surface area contributed by atoms with Crippen LogP contribution in [0.25, 0.3) is 0 Å². The number of hydrogen-bond acceptors (Lipinski definition) is 3. The summed E-state index contributed by atoms with van der Waals surface area (Å²) in [7, 11) is 0. The number of likely N-dealkylation sites (tertiary alicyclic amines) is 1. The summed E-state index contributed by atoms with van der Waals surface area (Å²) >= 11 is 1.80. The van der Waals surface area contributed by atoms with Crippen molar-refractivity contribution >= 4 is 22.8 Å². The van der Waals surface area contributed by atoms with Crippen molar-refractivity contribution in [3.05, 3.63) is 0 Å². The van der Waals surface area contributed by atoms with Gasteiger partial charge in [-0.2, -0.15) is 0 Å². The van der Waals surface area contributed by atoms with Crippen LogP contribution in [0.4, 0.5) is 0 Å². The second-order valence-corrected chi connectivity index (χ2v) is 7.57. The fourth-order valence-electron chi connectivity index (χ4n) is 3.70. The van der Waals surface area contributed by atoms with Crippen LogP contribution in [0, 0.1) is 5.92 Å². The van der Waals surface area contributed by atoms with Crippen molar-refractivity contribution in [2.24, 2.45) is 10.9 Å². The Hall–Kier alpha value is -0.710. The lowest BCUT2D eigenvalue weighted by Gasteiger charge is -2.36. The van der Waals surface area contributed by atoms with Crippen LogP contribution in [0.5, 0.6) is 0 Å². The van der Waals surface area contributed by atoms with Gasteiger partial charge in [-0.3, -0.25) is 9.79 Å². The first kappa shape index (κ1) is 14.2. The van der Waals surface area contributed by atoms with Crippen molar-refractivity contribution in [2.75, 3.05) is 25.4 Å². The number of rotatable bonds is 2. The summed E-state index contributed by atoms with van der Waals surface area (Å²) in [5.41, 5.74) is 0.262. The number of carbonyl (C=O) groups is 1. The third-order valence-corrected chi connectivity index (χ3v) is 5.97. The maximum atomic E-state index is 12.0. The van der Waals surface area contributed by atoms with Gasteiger partial charge in [-0.15, -0.1) is 0 Å². The van der Waals surface area contributed by atoms with Crippen LogP contribution < -0.4 is 5.32 Å². The van der Waals surface area contributed by atoms with Crippen LogP contribution in [-0.4, -0.2) is 46.9 Å². The SMILES string of the molecule is CC1CCCC2(CSC(=NCC(=O)N3CCCC3)N2)C1. The third kappa shape index (κ3) is 3.13. The monoisotopic (exact) mass is 295 g/mol. The third-order valence-electron chi connectivity index (χ3n) is 4.77. The molecule has 3 aliphatic rings. The average molecular weight is 295 g/mol. The maximum absolute atomic E-state index is 12.0. The van der Waals surface area contributed by atoms with E-state index in [1.54, 1.807) is 11.8 Å². The minimum Gasteiger partial charge on any atom is -0.359 e. The molecule has 2 aliphatic heterocycles. The number of carbonyl (C=O) groups excluding carboxylic acids is 1. The molecule has 3 fully saturated rings. The van der Waals surface area contributed by atoms with E-state index in [9.17, 15) is 4.79 Å². The van der Waals surface area contributed by atoms with E-state index in [4.69, 9.17) is 0 Å². The van der Waals surface area contributed by atoms with Crippen molar-refractivity contribution in [3.8, 4) is 0 Å². The highest BCUT2D eigenvalue weighted by molar-refractivity contribution is 8.14. The van der Waals surface area contributed by atoms with Gasteiger partial charge in [-0.1, -0.05) is 31.5 Å². The lowest BCUT2D eigenvalue weighted by molar-refractivity contribution is -0.128. The molecule has 3 rings (SSSR count). The summed E-state index contributed by atoms with van der Waals surface area (Å²) in [5, 5.41) is 4.62. The molecular formula is C15H25N3OS. The summed E-state index contributed by atoms with van der Waals surface area (Å²) in [4.78, 5) is 18.5. The molecule has 2 unspecified atom stereocenters. The normalized spacial score (nSPS) is 35.8. The quantitative estimate of drug-likeness (QED) is 0.850. The Morgan fingerprint density at radius 1 is 1.45 bits per heavy atom. The number of thioether (sulfide) groups is 1. The van der Waals surface area contributed by atoms with Gasteiger partial charge >= 0.3 is 0 Å². The first-order valence-corrected chi connectivity index (χ1v) is 8.89. The summed E-state index contributed by atoms with van der Waals surface area (Å²) in [6, 6.07) is 0. The molecule has 1 amide bonds. The Bertz CT molecular complexity index is 406. The van der Waals surface area contributed by atoms with Crippen molar-refractivity contribution < 1.29 is 4.79 Å². The Labute approximate surface area is 125 Å². The lowest BCUT2D eigenvalue weighted by Crippen LogP contribution is -2.47. The minimum absolute atomic E-state index is 0.190. The zero-order chi connectivity index (χ0) is 14.0. The van der Waals surface area contributed by atoms with Crippen LogP contribution in [0.3, 0.4) is 0 Å². The van der Waals surface area contributed by atoms with E-state index < -0.39 is 0 Å². The predicted molar refractivity (Wildman–Crippen MR) is 84.1 cm³/mol. The molecule has 2 saturated heterocycles.